The second-order valence-corrected chi connectivity index (χ2v) is 3.78. The van der Waals surface area contributed by atoms with Gasteiger partial charge in [-0.1, -0.05) is 12.1 Å². The normalized spacial score (nSPS) is 9.93. The van der Waals surface area contributed by atoms with Crippen LogP contribution in [-0.2, 0) is 0 Å². The van der Waals surface area contributed by atoms with E-state index in [0.717, 1.165) is 4.47 Å². The predicted octanol–water partition coefficient (Wildman–Crippen LogP) is 1.51. The first-order valence-corrected chi connectivity index (χ1v) is 5.07. The summed E-state index contributed by atoms with van der Waals surface area (Å²) in [6.07, 6.45) is 0. The molecule has 1 N–H and O–H groups in total. The quantitative estimate of drug-likeness (QED) is 0.892. The molecule has 1 aromatic carbocycles. The molecule has 0 fully saturated rings. The van der Waals surface area contributed by atoms with Crippen molar-refractivity contribution in [3.63, 3.8) is 0 Å². The van der Waals surface area contributed by atoms with E-state index in [1.54, 1.807) is 13.1 Å². The molecule has 0 atom stereocenters. The molecule has 0 aliphatic rings. The van der Waals surface area contributed by atoms with Gasteiger partial charge in [0.05, 0.1) is 12.2 Å². The largest absolute Gasteiger partial charge is 0.395 e. The van der Waals surface area contributed by atoms with Gasteiger partial charge in [-0.2, -0.15) is 0 Å². The lowest BCUT2D eigenvalue weighted by molar-refractivity contribution is 0.0766. The zero-order valence-electron chi connectivity index (χ0n) is 7.90. The Hall–Kier alpha value is -0.870. The predicted molar refractivity (Wildman–Crippen MR) is 58.2 cm³/mol. The van der Waals surface area contributed by atoms with Gasteiger partial charge in [-0.05, 0) is 28.1 Å². The molecule has 1 amide bonds. The van der Waals surface area contributed by atoms with Crippen LogP contribution in [0.1, 0.15) is 10.4 Å². The van der Waals surface area contributed by atoms with Crippen LogP contribution in [0.4, 0.5) is 0 Å². The number of hydrogen-bond donors (Lipinski definition) is 1. The Kier molecular flexibility index (Phi) is 4.10. The molecule has 0 saturated heterocycles. The smallest absolute Gasteiger partial charge is 0.254 e. The van der Waals surface area contributed by atoms with Gasteiger partial charge in [0.1, 0.15) is 0 Å². The van der Waals surface area contributed by atoms with Crippen LogP contribution in [0.15, 0.2) is 28.7 Å². The lowest BCUT2D eigenvalue weighted by Crippen LogP contribution is -2.29. The fourth-order valence-corrected chi connectivity index (χ4v) is 1.55. The summed E-state index contributed by atoms with van der Waals surface area (Å²) in [5.74, 6) is -0.0912. The number of halogens is 1. The molecule has 0 radical (unpaired) electrons. The lowest BCUT2D eigenvalue weighted by atomic mass is 10.2. The van der Waals surface area contributed by atoms with Gasteiger partial charge in [-0.25, -0.2) is 0 Å². The minimum absolute atomic E-state index is 0.0211. The summed E-state index contributed by atoms with van der Waals surface area (Å²) in [7, 11) is 1.66. The Morgan fingerprint density at radius 2 is 2.14 bits per heavy atom. The Morgan fingerprint density at radius 3 is 2.71 bits per heavy atom. The number of nitrogens with zero attached hydrogens (tertiary/aromatic N) is 1. The number of rotatable bonds is 3. The molecule has 0 aromatic heterocycles. The first kappa shape index (κ1) is 11.2. The Balaban J connectivity index is 2.84. The summed E-state index contributed by atoms with van der Waals surface area (Å²) >= 11 is 3.31. The van der Waals surface area contributed by atoms with E-state index >= 15 is 0 Å². The van der Waals surface area contributed by atoms with Crippen molar-refractivity contribution < 1.29 is 9.90 Å². The fraction of sp³-hybridized carbons (Fsp3) is 0.300. The molecule has 1 rings (SSSR count). The van der Waals surface area contributed by atoms with E-state index in [1.165, 1.54) is 4.90 Å². The van der Waals surface area contributed by atoms with E-state index in [-0.39, 0.29) is 12.5 Å². The number of aliphatic hydroxyl groups is 1. The van der Waals surface area contributed by atoms with E-state index < -0.39 is 0 Å². The fourth-order valence-electron chi connectivity index (χ4n) is 1.09. The number of carbonyl (C=O) groups is 1. The first-order chi connectivity index (χ1) is 6.66. The Labute approximate surface area is 91.5 Å². The molecule has 0 unspecified atom stereocenters. The zero-order chi connectivity index (χ0) is 10.6. The van der Waals surface area contributed by atoms with Crippen molar-refractivity contribution in [2.45, 2.75) is 0 Å². The van der Waals surface area contributed by atoms with Crippen LogP contribution >= 0.6 is 15.9 Å². The number of aliphatic hydroxyl groups excluding tert-OH is 1. The van der Waals surface area contributed by atoms with Gasteiger partial charge in [0.2, 0.25) is 0 Å². The number of carbonyl (C=O) groups excluding carboxylic acids is 1. The van der Waals surface area contributed by atoms with Crippen molar-refractivity contribution in [3.8, 4) is 0 Å². The maximum atomic E-state index is 11.7. The maximum absolute atomic E-state index is 11.7. The molecule has 0 bridgehead atoms. The van der Waals surface area contributed by atoms with Gasteiger partial charge >= 0.3 is 0 Å². The van der Waals surface area contributed by atoms with Crippen LogP contribution in [0, 0.1) is 0 Å². The summed E-state index contributed by atoms with van der Waals surface area (Å²) < 4.78 is 0.773. The molecule has 76 valence electrons. The third-order valence-corrected chi connectivity index (χ3v) is 2.58. The van der Waals surface area contributed by atoms with Crippen LogP contribution in [0.2, 0.25) is 0 Å². The topological polar surface area (TPSA) is 40.5 Å². The van der Waals surface area contributed by atoms with Crippen LogP contribution in [0.5, 0.6) is 0 Å². The number of likely N-dealkylation sites (N-methyl/N-ethyl adjacent to an activating group) is 1. The maximum Gasteiger partial charge on any atom is 0.254 e. The van der Waals surface area contributed by atoms with Gasteiger partial charge in [-0.3, -0.25) is 4.79 Å². The molecule has 0 aliphatic carbocycles. The highest BCUT2D eigenvalue weighted by atomic mass is 79.9. The second kappa shape index (κ2) is 5.12. The molecule has 0 spiro atoms. The molecule has 1 aromatic rings. The average molecular weight is 258 g/mol. The highest BCUT2D eigenvalue weighted by molar-refractivity contribution is 9.10. The Morgan fingerprint density at radius 1 is 1.50 bits per heavy atom. The van der Waals surface area contributed by atoms with Crippen LogP contribution < -0.4 is 0 Å². The van der Waals surface area contributed by atoms with Crippen molar-refractivity contribution in [1.82, 2.24) is 4.90 Å². The van der Waals surface area contributed by atoms with Crippen LogP contribution in [0.25, 0.3) is 0 Å². The van der Waals surface area contributed by atoms with Gasteiger partial charge < -0.3 is 10.0 Å². The molecule has 14 heavy (non-hydrogen) atoms. The molecule has 0 aliphatic heterocycles. The highest BCUT2D eigenvalue weighted by Gasteiger charge is 2.13. The summed E-state index contributed by atoms with van der Waals surface area (Å²) in [5.41, 5.74) is 0.614. The number of hydrogen-bond acceptors (Lipinski definition) is 2. The summed E-state index contributed by atoms with van der Waals surface area (Å²) in [6.45, 7) is 0.326. The SMILES string of the molecule is CN(CCO)C(=O)c1ccccc1Br. The van der Waals surface area contributed by atoms with E-state index in [4.69, 9.17) is 5.11 Å². The highest BCUT2D eigenvalue weighted by Crippen LogP contribution is 2.17. The van der Waals surface area contributed by atoms with Crippen molar-refractivity contribution in [2.75, 3.05) is 20.2 Å². The third kappa shape index (κ3) is 2.56. The molecule has 4 heteroatoms. The minimum atomic E-state index is -0.0912. The second-order valence-electron chi connectivity index (χ2n) is 2.93. The van der Waals surface area contributed by atoms with Crippen molar-refractivity contribution in [2.24, 2.45) is 0 Å². The van der Waals surface area contributed by atoms with Crippen molar-refractivity contribution >= 4 is 21.8 Å². The standard InChI is InChI=1S/C10H12BrNO2/c1-12(6-7-13)10(14)8-4-2-3-5-9(8)11/h2-5,13H,6-7H2,1H3. The number of amides is 1. The lowest BCUT2D eigenvalue weighted by Gasteiger charge is -2.16. The summed E-state index contributed by atoms with van der Waals surface area (Å²) in [6, 6.07) is 7.23. The average Bonchev–Trinajstić information content (AvgIpc) is 2.18. The molecule has 0 saturated carbocycles. The van der Waals surface area contributed by atoms with Crippen molar-refractivity contribution in [1.29, 1.82) is 0 Å². The van der Waals surface area contributed by atoms with E-state index in [9.17, 15) is 4.79 Å². The molecule has 0 heterocycles. The monoisotopic (exact) mass is 257 g/mol. The minimum Gasteiger partial charge on any atom is -0.395 e. The van der Waals surface area contributed by atoms with Crippen LogP contribution in [-0.4, -0.2) is 36.1 Å². The van der Waals surface area contributed by atoms with Gasteiger partial charge in [0, 0.05) is 18.1 Å². The zero-order valence-corrected chi connectivity index (χ0v) is 9.49. The van der Waals surface area contributed by atoms with E-state index in [0.29, 0.717) is 12.1 Å². The van der Waals surface area contributed by atoms with Gasteiger partial charge in [0.15, 0.2) is 0 Å². The van der Waals surface area contributed by atoms with Gasteiger partial charge in [0.25, 0.3) is 5.91 Å². The Bertz CT molecular complexity index is 328. The van der Waals surface area contributed by atoms with Gasteiger partial charge in [-0.15, -0.1) is 0 Å². The molecular formula is C10H12BrNO2. The molecule has 3 nitrogen and oxygen atoms in total. The number of benzene rings is 1. The first-order valence-electron chi connectivity index (χ1n) is 4.27. The summed E-state index contributed by atoms with van der Waals surface area (Å²) in [5, 5.41) is 8.70. The van der Waals surface area contributed by atoms with E-state index in [1.807, 2.05) is 18.2 Å². The van der Waals surface area contributed by atoms with E-state index in [2.05, 4.69) is 15.9 Å². The molecular weight excluding hydrogens is 246 g/mol. The van der Waals surface area contributed by atoms with Crippen LogP contribution in [0.3, 0.4) is 0 Å². The summed E-state index contributed by atoms with van der Waals surface area (Å²) in [4.78, 5) is 13.2. The van der Waals surface area contributed by atoms with Crippen molar-refractivity contribution in [3.05, 3.63) is 34.3 Å². The third-order valence-electron chi connectivity index (χ3n) is 1.89.